The van der Waals surface area contributed by atoms with Gasteiger partial charge in [-0.25, -0.2) is 0 Å². The Labute approximate surface area is 75.5 Å². The van der Waals surface area contributed by atoms with Gasteiger partial charge in [-0.2, -0.15) is 0 Å². The van der Waals surface area contributed by atoms with Crippen LogP contribution in [0.5, 0.6) is 0 Å². The van der Waals surface area contributed by atoms with Gasteiger partial charge in [0.05, 0.1) is 0 Å². The number of amides is 1. The van der Waals surface area contributed by atoms with Crippen molar-refractivity contribution in [2.24, 2.45) is 5.41 Å². The highest BCUT2D eigenvalue weighted by Gasteiger charge is 2.24. The lowest BCUT2D eigenvalue weighted by Gasteiger charge is -2.18. The molecule has 0 aliphatic carbocycles. The minimum Gasteiger partial charge on any atom is -0.273 e. The van der Waals surface area contributed by atoms with Crippen molar-refractivity contribution >= 4 is 5.91 Å². The van der Waals surface area contributed by atoms with Gasteiger partial charge in [0, 0.05) is 5.41 Å². The highest BCUT2D eigenvalue weighted by atomic mass is 16.1. The van der Waals surface area contributed by atoms with Gasteiger partial charge in [0.2, 0.25) is 5.91 Å². The summed E-state index contributed by atoms with van der Waals surface area (Å²) in [6, 6.07) is 0. The number of hydrogen-bond donors (Lipinski definition) is 0. The van der Waals surface area contributed by atoms with E-state index in [1.54, 1.807) is 0 Å². The Morgan fingerprint density at radius 3 is 2.25 bits per heavy atom. The minimum absolute atomic E-state index is 0.423. The Morgan fingerprint density at radius 1 is 1.25 bits per heavy atom. The van der Waals surface area contributed by atoms with Crippen LogP contribution in [-0.2, 0) is 4.79 Å². The Morgan fingerprint density at radius 2 is 1.83 bits per heavy atom. The van der Waals surface area contributed by atoms with Crippen molar-refractivity contribution < 1.29 is 4.79 Å². The standard InChI is InChI=1S/C10H20NO/c1-4-5-6-7-8-10(2,3)9(11)12/h11H,4-8H2,1-3H3. The van der Waals surface area contributed by atoms with Crippen LogP contribution < -0.4 is 5.73 Å². The zero-order valence-corrected chi connectivity index (χ0v) is 8.44. The third-order valence-electron chi connectivity index (χ3n) is 2.27. The van der Waals surface area contributed by atoms with Gasteiger partial charge in [-0.1, -0.05) is 46.5 Å². The molecular weight excluding hydrogens is 150 g/mol. The van der Waals surface area contributed by atoms with Crippen molar-refractivity contribution in [3.63, 3.8) is 0 Å². The zero-order valence-electron chi connectivity index (χ0n) is 8.44. The summed E-state index contributed by atoms with van der Waals surface area (Å²) in [6.07, 6.45) is 5.57. The van der Waals surface area contributed by atoms with Gasteiger partial charge in [-0.05, 0) is 6.42 Å². The summed E-state index contributed by atoms with van der Waals surface area (Å²) in [5.41, 5.74) is 6.60. The quantitative estimate of drug-likeness (QED) is 0.565. The van der Waals surface area contributed by atoms with E-state index in [0.29, 0.717) is 0 Å². The fraction of sp³-hybridized carbons (Fsp3) is 0.900. The van der Waals surface area contributed by atoms with Gasteiger partial charge < -0.3 is 0 Å². The summed E-state index contributed by atoms with van der Waals surface area (Å²) in [5.74, 6) is -0.431. The summed E-state index contributed by atoms with van der Waals surface area (Å²) in [6.45, 7) is 5.88. The molecular formula is C10H20NO. The van der Waals surface area contributed by atoms with Gasteiger partial charge in [-0.15, -0.1) is 0 Å². The summed E-state index contributed by atoms with van der Waals surface area (Å²) < 4.78 is 0. The minimum atomic E-state index is -0.431. The van der Waals surface area contributed by atoms with Gasteiger partial charge in [0.15, 0.2) is 0 Å². The lowest BCUT2D eigenvalue weighted by Crippen LogP contribution is -2.24. The summed E-state index contributed by atoms with van der Waals surface area (Å²) in [7, 11) is 0. The first kappa shape index (κ1) is 11.5. The second kappa shape index (κ2) is 5.18. The molecule has 0 aromatic rings. The first-order chi connectivity index (χ1) is 5.50. The van der Waals surface area contributed by atoms with E-state index in [-0.39, 0.29) is 0 Å². The van der Waals surface area contributed by atoms with E-state index in [9.17, 15) is 4.79 Å². The molecule has 0 spiro atoms. The van der Waals surface area contributed by atoms with E-state index in [4.69, 9.17) is 5.73 Å². The Balaban J connectivity index is 3.54. The molecule has 0 aliphatic heterocycles. The zero-order chi connectivity index (χ0) is 9.61. The molecule has 2 nitrogen and oxygen atoms in total. The summed E-state index contributed by atoms with van der Waals surface area (Å²) in [5, 5.41) is 0. The maximum atomic E-state index is 10.8. The molecule has 0 fully saturated rings. The maximum absolute atomic E-state index is 10.8. The Hall–Kier alpha value is -0.530. The number of nitrogens with one attached hydrogen (secondary N) is 1. The van der Waals surface area contributed by atoms with Crippen molar-refractivity contribution in [2.75, 3.05) is 0 Å². The van der Waals surface area contributed by atoms with Crippen molar-refractivity contribution in [1.29, 1.82) is 0 Å². The van der Waals surface area contributed by atoms with E-state index >= 15 is 0 Å². The van der Waals surface area contributed by atoms with Crippen LogP contribution in [0.25, 0.3) is 0 Å². The highest BCUT2D eigenvalue weighted by Crippen LogP contribution is 2.23. The van der Waals surface area contributed by atoms with E-state index in [1.165, 1.54) is 19.3 Å². The first-order valence-corrected chi connectivity index (χ1v) is 4.76. The molecule has 1 amide bonds. The Kier molecular flexibility index (Phi) is 4.95. The molecule has 0 rings (SSSR count). The van der Waals surface area contributed by atoms with Crippen LogP contribution in [0.2, 0.25) is 0 Å². The molecule has 0 saturated carbocycles. The second-order valence-electron chi connectivity index (χ2n) is 4.02. The normalized spacial score (nSPS) is 11.6. The van der Waals surface area contributed by atoms with Crippen LogP contribution in [0.3, 0.4) is 0 Å². The molecule has 0 bridgehead atoms. The molecule has 71 valence electrons. The van der Waals surface area contributed by atoms with Crippen molar-refractivity contribution in [1.82, 2.24) is 5.73 Å². The number of unbranched alkanes of at least 4 members (excludes halogenated alkanes) is 3. The average Bonchev–Trinajstić information content (AvgIpc) is 1.98. The van der Waals surface area contributed by atoms with E-state index in [1.807, 2.05) is 13.8 Å². The smallest absolute Gasteiger partial charge is 0.244 e. The topological polar surface area (TPSA) is 40.9 Å². The van der Waals surface area contributed by atoms with Crippen molar-refractivity contribution in [3.8, 4) is 0 Å². The molecule has 0 aromatic carbocycles. The molecule has 0 aromatic heterocycles. The predicted molar refractivity (Wildman–Crippen MR) is 50.6 cm³/mol. The summed E-state index contributed by atoms with van der Waals surface area (Å²) >= 11 is 0. The van der Waals surface area contributed by atoms with Gasteiger partial charge >= 0.3 is 0 Å². The molecule has 2 heteroatoms. The highest BCUT2D eigenvalue weighted by molar-refractivity contribution is 5.79. The SMILES string of the molecule is CCCCCCC(C)(C)C([NH])=O. The third kappa shape index (κ3) is 4.37. The largest absolute Gasteiger partial charge is 0.273 e. The number of hydrogen-bond acceptors (Lipinski definition) is 1. The monoisotopic (exact) mass is 170 g/mol. The van der Waals surface area contributed by atoms with E-state index in [0.717, 1.165) is 12.8 Å². The van der Waals surface area contributed by atoms with E-state index < -0.39 is 11.3 Å². The fourth-order valence-electron chi connectivity index (χ4n) is 1.11. The predicted octanol–water partition coefficient (Wildman–Crippen LogP) is 2.79. The van der Waals surface area contributed by atoms with Crippen LogP contribution in [0, 0.1) is 5.41 Å². The molecule has 0 unspecified atom stereocenters. The number of rotatable bonds is 6. The third-order valence-corrected chi connectivity index (χ3v) is 2.27. The Bertz CT molecular complexity index is 141. The van der Waals surface area contributed by atoms with Gasteiger partial charge in [0.1, 0.15) is 0 Å². The lowest BCUT2D eigenvalue weighted by atomic mass is 9.86. The molecule has 1 N–H and O–H groups in total. The van der Waals surface area contributed by atoms with Gasteiger partial charge in [-0.3, -0.25) is 10.5 Å². The maximum Gasteiger partial charge on any atom is 0.244 e. The van der Waals surface area contributed by atoms with Gasteiger partial charge in [0.25, 0.3) is 0 Å². The van der Waals surface area contributed by atoms with Crippen LogP contribution >= 0.6 is 0 Å². The first-order valence-electron chi connectivity index (χ1n) is 4.76. The fourth-order valence-corrected chi connectivity index (χ4v) is 1.11. The van der Waals surface area contributed by atoms with Crippen LogP contribution in [0.15, 0.2) is 0 Å². The molecule has 0 aliphatic rings. The van der Waals surface area contributed by atoms with Crippen LogP contribution in [-0.4, -0.2) is 5.91 Å². The molecule has 0 atom stereocenters. The van der Waals surface area contributed by atoms with Crippen LogP contribution in [0.4, 0.5) is 0 Å². The summed E-state index contributed by atoms with van der Waals surface area (Å²) in [4.78, 5) is 10.8. The molecule has 0 saturated heterocycles. The molecule has 1 radical (unpaired) electrons. The molecule has 12 heavy (non-hydrogen) atoms. The van der Waals surface area contributed by atoms with Crippen LogP contribution in [0.1, 0.15) is 52.9 Å². The molecule has 0 heterocycles. The average molecular weight is 170 g/mol. The number of carbonyl (C=O) groups excluding carboxylic acids is 1. The van der Waals surface area contributed by atoms with Crippen molar-refractivity contribution in [2.45, 2.75) is 52.9 Å². The second-order valence-corrected chi connectivity index (χ2v) is 4.02. The number of carbonyl (C=O) groups is 1. The van der Waals surface area contributed by atoms with E-state index in [2.05, 4.69) is 6.92 Å². The van der Waals surface area contributed by atoms with Crippen molar-refractivity contribution in [3.05, 3.63) is 0 Å². The lowest BCUT2D eigenvalue weighted by molar-refractivity contribution is -0.127.